The number of carbonyl (C=O) groups excluding carboxylic acids is 1. The van der Waals surface area contributed by atoms with Gasteiger partial charge in [-0.3, -0.25) is 4.79 Å². The van der Waals surface area contributed by atoms with Gasteiger partial charge in [0.25, 0.3) is 5.91 Å². The van der Waals surface area contributed by atoms with E-state index in [0.717, 1.165) is 17.0 Å². The molecule has 0 radical (unpaired) electrons. The molecule has 1 N–H and O–H groups in total. The van der Waals surface area contributed by atoms with Crippen LogP contribution in [0.25, 0.3) is 6.08 Å². The lowest BCUT2D eigenvalue weighted by Gasteiger charge is -2.04. The third-order valence-electron chi connectivity index (χ3n) is 3.85. The number of amidine groups is 1. The molecule has 0 saturated carbocycles. The van der Waals surface area contributed by atoms with Crippen molar-refractivity contribution in [1.29, 1.82) is 0 Å². The molecule has 2 aromatic rings. The fraction of sp³-hybridized carbons (Fsp3) is 0.200. The van der Waals surface area contributed by atoms with Gasteiger partial charge >= 0.3 is 0 Å². The van der Waals surface area contributed by atoms with Gasteiger partial charge in [0, 0.05) is 0 Å². The summed E-state index contributed by atoms with van der Waals surface area (Å²) >= 11 is 1.35. The monoisotopic (exact) mass is 352 g/mol. The van der Waals surface area contributed by atoms with Crippen molar-refractivity contribution < 1.29 is 9.53 Å². The van der Waals surface area contributed by atoms with Crippen molar-refractivity contribution in [3.8, 4) is 5.75 Å². The largest absolute Gasteiger partial charge is 0.497 e. The Balaban J connectivity index is 1.76. The molecule has 1 saturated heterocycles. The van der Waals surface area contributed by atoms with Gasteiger partial charge in [-0.2, -0.15) is 0 Å². The number of carbonyl (C=O) groups is 1. The van der Waals surface area contributed by atoms with Crippen LogP contribution in [0.15, 0.2) is 58.4 Å². The molecule has 5 heteroatoms. The van der Waals surface area contributed by atoms with Crippen LogP contribution in [0, 0.1) is 0 Å². The minimum atomic E-state index is -0.120. The van der Waals surface area contributed by atoms with Crippen LogP contribution in [-0.4, -0.2) is 18.2 Å². The van der Waals surface area contributed by atoms with Crippen LogP contribution in [0.1, 0.15) is 30.9 Å². The Morgan fingerprint density at radius 2 is 1.76 bits per heavy atom. The Kier molecular flexibility index (Phi) is 5.24. The van der Waals surface area contributed by atoms with E-state index in [1.807, 2.05) is 42.5 Å². The second kappa shape index (κ2) is 7.57. The van der Waals surface area contributed by atoms with Gasteiger partial charge in [0.2, 0.25) is 0 Å². The Morgan fingerprint density at radius 3 is 2.36 bits per heavy atom. The molecule has 0 unspecified atom stereocenters. The van der Waals surface area contributed by atoms with Gasteiger partial charge in [-0.15, -0.1) is 0 Å². The van der Waals surface area contributed by atoms with Crippen molar-refractivity contribution >= 4 is 34.6 Å². The third-order valence-corrected chi connectivity index (χ3v) is 4.76. The number of thioether (sulfide) groups is 1. The fourth-order valence-corrected chi connectivity index (χ4v) is 3.22. The van der Waals surface area contributed by atoms with E-state index in [1.165, 1.54) is 17.3 Å². The van der Waals surface area contributed by atoms with Gasteiger partial charge in [0.1, 0.15) is 5.75 Å². The highest BCUT2D eigenvalue weighted by molar-refractivity contribution is 8.18. The predicted octanol–water partition coefficient (Wildman–Crippen LogP) is 4.71. The van der Waals surface area contributed by atoms with Crippen molar-refractivity contribution in [3.05, 3.63) is 64.6 Å². The maximum Gasteiger partial charge on any atom is 0.264 e. The van der Waals surface area contributed by atoms with Gasteiger partial charge < -0.3 is 10.1 Å². The van der Waals surface area contributed by atoms with E-state index in [0.29, 0.717) is 16.0 Å². The first kappa shape index (κ1) is 17.3. The number of benzene rings is 2. The molecule has 2 aromatic carbocycles. The quantitative estimate of drug-likeness (QED) is 0.811. The van der Waals surface area contributed by atoms with Crippen molar-refractivity contribution in [3.63, 3.8) is 0 Å². The van der Waals surface area contributed by atoms with Crippen LogP contribution in [0.5, 0.6) is 5.75 Å². The van der Waals surface area contributed by atoms with E-state index in [1.54, 1.807) is 7.11 Å². The normalized spacial score (nSPS) is 17.4. The number of aliphatic imine (C=N–C) groups is 1. The lowest BCUT2D eigenvalue weighted by atomic mass is 10.0. The van der Waals surface area contributed by atoms with E-state index in [9.17, 15) is 4.79 Å². The zero-order valence-corrected chi connectivity index (χ0v) is 15.3. The molecule has 1 heterocycles. The summed E-state index contributed by atoms with van der Waals surface area (Å²) in [5.74, 6) is 1.15. The summed E-state index contributed by atoms with van der Waals surface area (Å²) in [6.07, 6.45) is 1.89. The van der Waals surface area contributed by atoms with E-state index in [2.05, 4.69) is 36.3 Å². The summed E-state index contributed by atoms with van der Waals surface area (Å²) in [6, 6.07) is 15.7. The zero-order valence-electron chi connectivity index (χ0n) is 14.4. The molecule has 0 spiro atoms. The molecular weight excluding hydrogens is 332 g/mol. The first-order valence-corrected chi connectivity index (χ1v) is 8.90. The Bertz CT molecular complexity index is 822. The van der Waals surface area contributed by atoms with Gasteiger partial charge in [0.15, 0.2) is 5.17 Å². The van der Waals surface area contributed by atoms with E-state index < -0.39 is 0 Å². The maximum atomic E-state index is 12.2. The molecule has 4 nitrogen and oxygen atoms in total. The fourth-order valence-electron chi connectivity index (χ4n) is 2.38. The summed E-state index contributed by atoms with van der Waals surface area (Å²) < 4.78 is 5.13. The van der Waals surface area contributed by atoms with E-state index in [4.69, 9.17) is 4.74 Å². The van der Waals surface area contributed by atoms with Crippen LogP contribution in [0.3, 0.4) is 0 Å². The predicted molar refractivity (Wildman–Crippen MR) is 104 cm³/mol. The number of nitrogens with one attached hydrogen (secondary N) is 1. The van der Waals surface area contributed by atoms with Crippen LogP contribution >= 0.6 is 11.8 Å². The molecule has 3 rings (SSSR count). The average molecular weight is 352 g/mol. The summed E-state index contributed by atoms with van der Waals surface area (Å²) in [7, 11) is 1.62. The highest BCUT2D eigenvalue weighted by Crippen LogP contribution is 2.29. The average Bonchev–Trinajstić information content (AvgIpc) is 2.95. The molecule has 1 aliphatic heterocycles. The maximum absolute atomic E-state index is 12.2. The molecule has 25 heavy (non-hydrogen) atoms. The number of rotatable bonds is 4. The first-order valence-electron chi connectivity index (χ1n) is 8.09. The second-order valence-electron chi connectivity index (χ2n) is 6.00. The van der Waals surface area contributed by atoms with Crippen LogP contribution in [0.2, 0.25) is 0 Å². The number of hydrogen-bond donors (Lipinski definition) is 1. The molecule has 0 bridgehead atoms. The second-order valence-corrected chi connectivity index (χ2v) is 7.03. The Morgan fingerprint density at radius 1 is 1.08 bits per heavy atom. The van der Waals surface area contributed by atoms with Crippen LogP contribution < -0.4 is 10.1 Å². The summed E-state index contributed by atoms with van der Waals surface area (Å²) in [5, 5.41) is 3.39. The molecule has 0 aromatic heterocycles. The summed E-state index contributed by atoms with van der Waals surface area (Å²) in [5.41, 5.74) is 3.06. The standard InChI is InChI=1S/C20H20N2O2S/c1-13(2)15-6-4-14(5-7-15)12-18-19(23)22-20(25-18)21-16-8-10-17(24-3)11-9-16/h4-13H,1-3H3,(H,21,22,23). The summed E-state index contributed by atoms with van der Waals surface area (Å²) in [4.78, 5) is 17.3. The first-order chi connectivity index (χ1) is 12.0. The molecule has 128 valence electrons. The molecule has 1 aliphatic rings. The lowest BCUT2D eigenvalue weighted by molar-refractivity contribution is -0.115. The minimum Gasteiger partial charge on any atom is -0.497 e. The van der Waals surface area contributed by atoms with Gasteiger partial charge in [-0.1, -0.05) is 38.1 Å². The van der Waals surface area contributed by atoms with Crippen molar-refractivity contribution in [1.82, 2.24) is 5.32 Å². The zero-order chi connectivity index (χ0) is 17.8. The van der Waals surface area contributed by atoms with Crippen molar-refractivity contribution in [2.24, 2.45) is 4.99 Å². The molecule has 0 aliphatic carbocycles. The lowest BCUT2D eigenvalue weighted by Crippen LogP contribution is -2.19. The number of nitrogens with zero attached hydrogens (tertiary/aromatic N) is 1. The molecule has 1 amide bonds. The molecular formula is C20H20N2O2S. The SMILES string of the molecule is COc1ccc(N=C2NC(=O)C(=Cc3ccc(C(C)C)cc3)S2)cc1. The van der Waals surface area contributed by atoms with Crippen molar-refractivity contribution in [2.75, 3.05) is 7.11 Å². The van der Waals surface area contributed by atoms with Crippen molar-refractivity contribution in [2.45, 2.75) is 19.8 Å². The number of hydrogen-bond acceptors (Lipinski definition) is 4. The van der Waals surface area contributed by atoms with Gasteiger partial charge in [0.05, 0.1) is 17.7 Å². The van der Waals surface area contributed by atoms with E-state index in [-0.39, 0.29) is 5.91 Å². The smallest absolute Gasteiger partial charge is 0.264 e. The summed E-state index contributed by atoms with van der Waals surface area (Å²) in [6.45, 7) is 4.32. The number of methoxy groups -OCH3 is 1. The number of ether oxygens (including phenoxy) is 1. The van der Waals surface area contributed by atoms with Gasteiger partial charge in [-0.05, 0) is 59.1 Å². The third kappa shape index (κ3) is 4.31. The molecule has 0 atom stereocenters. The van der Waals surface area contributed by atoms with E-state index >= 15 is 0 Å². The highest BCUT2D eigenvalue weighted by Gasteiger charge is 2.23. The van der Waals surface area contributed by atoms with Crippen LogP contribution in [-0.2, 0) is 4.79 Å². The minimum absolute atomic E-state index is 0.120. The molecule has 1 fully saturated rings. The Hall–Kier alpha value is -2.53. The van der Waals surface area contributed by atoms with Gasteiger partial charge in [-0.25, -0.2) is 4.99 Å². The highest BCUT2D eigenvalue weighted by atomic mass is 32.2. The Labute approximate surface area is 152 Å². The van der Waals surface area contributed by atoms with Crippen LogP contribution in [0.4, 0.5) is 5.69 Å². The number of amides is 1. The topological polar surface area (TPSA) is 50.7 Å².